The summed E-state index contributed by atoms with van der Waals surface area (Å²) in [5.74, 6) is -4.20. The molecule has 1 amide bonds. The Hall–Kier alpha value is -3.80. The van der Waals surface area contributed by atoms with Crippen LogP contribution in [0.5, 0.6) is 5.75 Å². The molecule has 0 fully saturated rings. The van der Waals surface area contributed by atoms with Crippen LogP contribution >= 0.6 is 0 Å². The molecule has 180 valence electrons. The van der Waals surface area contributed by atoms with E-state index in [-0.39, 0.29) is 23.4 Å². The Morgan fingerprint density at radius 1 is 1.18 bits per heavy atom. The van der Waals surface area contributed by atoms with E-state index in [1.165, 1.54) is 25.3 Å². The summed E-state index contributed by atoms with van der Waals surface area (Å²) >= 11 is 0. The van der Waals surface area contributed by atoms with Gasteiger partial charge >= 0.3 is 6.36 Å². The lowest BCUT2D eigenvalue weighted by atomic mass is 9.98. The Bertz CT molecular complexity index is 1210. The first-order valence-electron chi connectivity index (χ1n) is 9.79. The second-order valence-electron chi connectivity index (χ2n) is 7.26. The van der Waals surface area contributed by atoms with Crippen molar-refractivity contribution < 1.29 is 36.6 Å². The lowest BCUT2D eigenvalue weighted by Gasteiger charge is -2.33. The molecule has 0 aliphatic rings. The second kappa shape index (κ2) is 10.00. The van der Waals surface area contributed by atoms with Crippen LogP contribution in [0.4, 0.5) is 22.0 Å². The predicted octanol–water partition coefficient (Wildman–Crippen LogP) is 3.56. The van der Waals surface area contributed by atoms with Crippen LogP contribution in [0.15, 0.2) is 59.7 Å². The van der Waals surface area contributed by atoms with Gasteiger partial charge in [-0.05, 0) is 42.8 Å². The van der Waals surface area contributed by atoms with Crippen molar-refractivity contribution >= 4 is 5.91 Å². The molecule has 0 saturated carbocycles. The monoisotopic (exact) mass is 483 g/mol. The summed E-state index contributed by atoms with van der Waals surface area (Å²) in [6.45, 7) is 0.959. The molecule has 2 aromatic heterocycles. The van der Waals surface area contributed by atoms with E-state index in [2.05, 4.69) is 14.7 Å². The first-order valence-corrected chi connectivity index (χ1v) is 9.79. The van der Waals surface area contributed by atoms with Gasteiger partial charge in [-0.1, -0.05) is 6.07 Å². The zero-order valence-corrected chi connectivity index (χ0v) is 17.5. The van der Waals surface area contributed by atoms with Gasteiger partial charge in [-0.3, -0.25) is 14.6 Å². The number of nitrogens with one attached hydrogen (secondary N) is 1. The lowest BCUT2D eigenvalue weighted by Crippen LogP contribution is -2.41. The van der Waals surface area contributed by atoms with Crippen LogP contribution in [0.2, 0.25) is 0 Å². The Morgan fingerprint density at radius 2 is 1.91 bits per heavy atom. The number of halogens is 5. The van der Waals surface area contributed by atoms with Crippen LogP contribution in [0.1, 0.15) is 34.6 Å². The van der Waals surface area contributed by atoms with Crippen LogP contribution < -0.4 is 10.3 Å². The minimum Gasteiger partial charge on any atom is -0.403 e. The topological polar surface area (TPSA) is 95.5 Å². The summed E-state index contributed by atoms with van der Waals surface area (Å²) in [6, 6.07) is 5.52. The van der Waals surface area contributed by atoms with Crippen molar-refractivity contribution in [2.75, 3.05) is 6.54 Å². The summed E-state index contributed by atoms with van der Waals surface area (Å²) < 4.78 is 70.5. The van der Waals surface area contributed by atoms with Crippen molar-refractivity contribution in [1.82, 2.24) is 14.9 Å². The third-order valence-electron chi connectivity index (χ3n) is 4.61. The van der Waals surface area contributed by atoms with Crippen molar-refractivity contribution in [2.24, 2.45) is 0 Å². The highest BCUT2D eigenvalue weighted by Crippen LogP contribution is 2.34. The number of aliphatic hydroxyl groups is 1. The first-order chi connectivity index (χ1) is 16.0. The number of pyridine rings is 2. The Labute approximate surface area is 189 Å². The third-order valence-corrected chi connectivity index (χ3v) is 4.61. The number of H-pyrrole nitrogens is 1. The van der Waals surface area contributed by atoms with Gasteiger partial charge in [-0.15, -0.1) is 13.2 Å². The normalized spacial score (nSPS) is 13.3. The Morgan fingerprint density at radius 3 is 2.47 bits per heavy atom. The molecule has 2 heterocycles. The van der Waals surface area contributed by atoms with E-state index in [1.807, 2.05) is 0 Å². The molecule has 3 aromatic rings. The Balaban J connectivity index is 2.16. The number of aromatic nitrogens is 2. The highest BCUT2D eigenvalue weighted by Gasteiger charge is 2.35. The summed E-state index contributed by atoms with van der Waals surface area (Å²) in [5.41, 5.74) is -1.01. The molecule has 0 bridgehead atoms. The van der Waals surface area contributed by atoms with Gasteiger partial charge < -0.3 is 19.7 Å². The van der Waals surface area contributed by atoms with E-state index in [1.54, 1.807) is 0 Å². The molecule has 34 heavy (non-hydrogen) atoms. The number of aliphatic hydroxyl groups excluding tert-OH is 1. The third kappa shape index (κ3) is 5.95. The van der Waals surface area contributed by atoms with E-state index >= 15 is 0 Å². The number of benzene rings is 1. The van der Waals surface area contributed by atoms with E-state index < -0.39 is 47.4 Å². The SMILES string of the molecule is C[C@H](O)CN(C(=O)c1ccc(=O)[nH]c1)[C@H](c1ccc(OC(F)(F)F)c(F)c1)c1ncccc1F. The molecule has 0 aliphatic carbocycles. The van der Waals surface area contributed by atoms with Crippen molar-refractivity contribution in [3.8, 4) is 5.75 Å². The van der Waals surface area contributed by atoms with E-state index in [0.29, 0.717) is 12.1 Å². The molecular weight excluding hydrogens is 465 g/mol. The molecule has 1 aromatic carbocycles. The van der Waals surface area contributed by atoms with Crippen molar-refractivity contribution in [1.29, 1.82) is 0 Å². The van der Waals surface area contributed by atoms with Gasteiger partial charge in [0, 0.05) is 25.0 Å². The number of aromatic amines is 1. The average molecular weight is 483 g/mol. The van der Waals surface area contributed by atoms with E-state index in [9.17, 15) is 36.6 Å². The minimum absolute atomic E-state index is 0.0425. The maximum absolute atomic E-state index is 14.8. The standard InChI is InChI=1S/C22H18F5N3O4/c1-12(31)11-30(21(33)14-5-7-18(32)29-10-14)20(19-15(23)3-2-8-28-19)13-4-6-17(16(24)9-13)34-22(25,26)27/h2-10,12,20,31H,11H2,1H3,(H,29,32)/t12-,20+/m0/s1. The highest BCUT2D eigenvalue weighted by molar-refractivity contribution is 5.94. The zero-order chi connectivity index (χ0) is 25.0. The van der Waals surface area contributed by atoms with Gasteiger partial charge in [-0.25, -0.2) is 8.78 Å². The van der Waals surface area contributed by atoms with Crippen LogP contribution in [0.3, 0.4) is 0 Å². The van der Waals surface area contributed by atoms with Crippen molar-refractivity contribution in [3.05, 3.63) is 93.7 Å². The maximum Gasteiger partial charge on any atom is 0.573 e. The summed E-state index contributed by atoms with van der Waals surface area (Å²) in [4.78, 5) is 31.9. The van der Waals surface area contributed by atoms with Crippen LogP contribution in [-0.4, -0.2) is 44.9 Å². The zero-order valence-electron chi connectivity index (χ0n) is 17.5. The summed E-state index contributed by atoms with van der Waals surface area (Å²) in [6.07, 6.45) is -3.97. The number of carbonyl (C=O) groups excluding carboxylic acids is 1. The summed E-state index contributed by atoms with van der Waals surface area (Å²) in [5, 5.41) is 10.0. The maximum atomic E-state index is 14.8. The number of carbonyl (C=O) groups is 1. The van der Waals surface area contributed by atoms with Gasteiger partial charge in [0.1, 0.15) is 17.6 Å². The van der Waals surface area contributed by atoms with Gasteiger partial charge in [0.2, 0.25) is 5.56 Å². The molecule has 0 spiro atoms. The second-order valence-corrected chi connectivity index (χ2v) is 7.26. The van der Waals surface area contributed by atoms with E-state index in [4.69, 9.17) is 0 Å². The van der Waals surface area contributed by atoms with Crippen LogP contribution in [0.25, 0.3) is 0 Å². The number of amides is 1. The number of nitrogens with zero attached hydrogens (tertiary/aromatic N) is 2. The largest absolute Gasteiger partial charge is 0.573 e. The predicted molar refractivity (Wildman–Crippen MR) is 109 cm³/mol. The highest BCUT2D eigenvalue weighted by atomic mass is 19.4. The molecule has 12 heteroatoms. The van der Waals surface area contributed by atoms with Gasteiger partial charge in [0.05, 0.1) is 11.7 Å². The van der Waals surface area contributed by atoms with Gasteiger partial charge in [0.25, 0.3) is 5.91 Å². The van der Waals surface area contributed by atoms with Crippen molar-refractivity contribution in [3.63, 3.8) is 0 Å². The molecule has 0 saturated heterocycles. The molecule has 0 aliphatic heterocycles. The molecule has 3 rings (SSSR count). The Kier molecular flexibility index (Phi) is 7.30. The first kappa shape index (κ1) is 24.8. The number of alkyl halides is 3. The molecule has 2 atom stereocenters. The van der Waals surface area contributed by atoms with E-state index in [0.717, 1.165) is 29.3 Å². The summed E-state index contributed by atoms with van der Waals surface area (Å²) in [7, 11) is 0. The fourth-order valence-electron chi connectivity index (χ4n) is 3.28. The number of ether oxygens (including phenoxy) is 1. The fraction of sp³-hybridized carbons (Fsp3) is 0.227. The molecule has 7 nitrogen and oxygen atoms in total. The number of hydrogen-bond acceptors (Lipinski definition) is 5. The average Bonchev–Trinajstić information content (AvgIpc) is 2.75. The lowest BCUT2D eigenvalue weighted by molar-refractivity contribution is -0.275. The molecular formula is C22H18F5N3O4. The van der Waals surface area contributed by atoms with Gasteiger partial charge in [-0.2, -0.15) is 0 Å². The minimum atomic E-state index is -5.15. The smallest absolute Gasteiger partial charge is 0.403 e. The quantitative estimate of drug-likeness (QED) is 0.501. The molecule has 0 unspecified atom stereocenters. The fourth-order valence-corrected chi connectivity index (χ4v) is 3.28. The van der Waals surface area contributed by atoms with Crippen LogP contribution in [0, 0.1) is 11.6 Å². The number of hydrogen-bond donors (Lipinski definition) is 2. The molecule has 0 radical (unpaired) electrons. The van der Waals surface area contributed by atoms with Crippen molar-refractivity contribution in [2.45, 2.75) is 25.4 Å². The van der Waals surface area contributed by atoms with Crippen LogP contribution in [-0.2, 0) is 0 Å². The molecule has 2 N–H and O–H groups in total. The van der Waals surface area contributed by atoms with Gasteiger partial charge in [0.15, 0.2) is 11.6 Å². The number of rotatable bonds is 7.